The van der Waals surface area contributed by atoms with Crippen molar-refractivity contribution in [1.29, 1.82) is 0 Å². The maximum atomic E-state index is 12.5. The summed E-state index contributed by atoms with van der Waals surface area (Å²) in [6, 6.07) is 0. The minimum atomic E-state index is -1.31. The standard InChI is InChI=1S/C30H48O4/c1-17-10-12-26(3)14-15-28(5)19(23(26)18(17)2)8-9-21-27(4)16-20(31)24(32)30(7,25(33)34)22(27)11-13-29(21,28)6/h8,17-18,20-24,31-32H,9-16H2,1-7H3,(H,33,34)/t17-,18+,20-,21-,22-,23+,24-,26-,27-,28-,29-,30+/m1/s1. The van der Waals surface area contributed by atoms with Gasteiger partial charge in [0.2, 0.25) is 0 Å². The van der Waals surface area contributed by atoms with Crippen LogP contribution in [0.2, 0.25) is 0 Å². The summed E-state index contributed by atoms with van der Waals surface area (Å²) in [5.74, 6) is 1.31. The van der Waals surface area contributed by atoms with E-state index in [4.69, 9.17) is 0 Å². The Morgan fingerprint density at radius 1 is 0.941 bits per heavy atom. The van der Waals surface area contributed by atoms with Gasteiger partial charge in [0.15, 0.2) is 0 Å². The molecule has 0 unspecified atom stereocenters. The Morgan fingerprint density at radius 3 is 2.26 bits per heavy atom. The fraction of sp³-hybridized carbons (Fsp3) is 0.900. The van der Waals surface area contributed by atoms with Crippen molar-refractivity contribution in [1.82, 2.24) is 0 Å². The number of hydrogen-bond donors (Lipinski definition) is 3. The monoisotopic (exact) mass is 472 g/mol. The van der Waals surface area contributed by atoms with Gasteiger partial charge in [-0.1, -0.05) is 53.2 Å². The SMILES string of the molecule is C[C@H]1[C@H](C)CC[C@]2(C)CC[C@]3(C)C(=CC[C@@H]4[C@@]5(C)C[C@@H](O)[C@@H](O)[C@@](C)(C(=O)O)[C@@H]5CC[C@]43C)[C@H]12. The maximum Gasteiger partial charge on any atom is 0.312 e. The molecule has 0 amide bonds. The molecule has 0 heterocycles. The molecule has 12 atom stereocenters. The quantitative estimate of drug-likeness (QED) is 0.405. The Morgan fingerprint density at radius 2 is 1.62 bits per heavy atom. The van der Waals surface area contributed by atoms with Crippen LogP contribution in [0, 0.1) is 56.7 Å². The van der Waals surface area contributed by atoms with Crippen LogP contribution in [0.5, 0.6) is 0 Å². The summed E-state index contributed by atoms with van der Waals surface area (Å²) < 4.78 is 0. The van der Waals surface area contributed by atoms with Crippen molar-refractivity contribution in [3.8, 4) is 0 Å². The van der Waals surface area contributed by atoms with Crippen LogP contribution in [0.1, 0.15) is 99.8 Å². The molecule has 5 aliphatic carbocycles. The minimum Gasteiger partial charge on any atom is -0.481 e. The zero-order chi connectivity index (χ0) is 25.1. The second-order valence-electron chi connectivity index (χ2n) is 14.6. The number of fused-ring (bicyclic) bond motifs is 7. The Hall–Kier alpha value is -0.870. The van der Waals surface area contributed by atoms with E-state index in [9.17, 15) is 20.1 Å². The first kappa shape index (κ1) is 24.8. The second kappa shape index (κ2) is 7.34. The van der Waals surface area contributed by atoms with Gasteiger partial charge in [0.05, 0.1) is 17.6 Å². The largest absolute Gasteiger partial charge is 0.481 e. The highest BCUT2D eigenvalue weighted by Gasteiger charge is 2.71. The smallest absolute Gasteiger partial charge is 0.312 e. The van der Waals surface area contributed by atoms with Crippen LogP contribution in [-0.2, 0) is 4.79 Å². The molecule has 0 radical (unpaired) electrons. The molecule has 5 rings (SSSR count). The van der Waals surface area contributed by atoms with Gasteiger partial charge in [0.1, 0.15) is 0 Å². The van der Waals surface area contributed by atoms with Crippen LogP contribution in [-0.4, -0.2) is 33.5 Å². The van der Waals surface area contributed by atoms with Crippen molar-refractivity contribution >= 4 is 5.97 Å². The molecule has 5 aliphatic rings. The molecule has 4 nitrogen and oxygen atoms in total. The first-order valence-corrected chi connectivity index (χ1v) is 14.0. The van der Waals surface area contributed by atoms with E-state index in [1.807, 2.05) is 0 Å². The molecule has 4 saturated carbocycles. The summed E-state index contributed by atoms with van der Waals surface area (Å²) >= 11 is 0. The molecule has 4 fully saturated rings. The van der Waals surface area contributed by atoms with Gasteiger partial charge in [0.25, 0.3) is 0 Å². The third kappa shape index (κ3) is 2.76. The van der Waals surface area contributed by atoms with Crippen LogP contribution in [0.25, 0.3) is 0 Å². The lowest BCUT2D eigenvalue weighted by Gasteiger charge is -2.71. The maximum absolute atomic E-state index is 12.5. The van der Waals surface area contributed by atoms with Crippen molar-refractivity contribution in [2.45, 2.75) is 112 Å². The lowest BCUT2D eigenvalue weighted by atomic mass is 9.33. The number of allylic oxidation sites excluding steroid dienone is 2. The van der Waals surface area contributed by atoms with Crippen molar-refractivity contribution in [2.24, 2.45) is 56.7 Å². The number of aliphatic hydroxyl groups excluding tert-OH is 2. The Kier molecular flexibility index (Phi) is 5.36. The molecule has 0 saturated heterocycles. The summed E-state index contributed by atoms with van der Waals surface area (Å²) in [5.41, 5.74) is 0.672. The Labute approximate surface area is 206 Å². The van der Waals surface area contributed by atoms with Gasteiger partial charge in [-0.2, -0.15) is 0 Å². The zero-order valence-corrected chi connectivity index (χ0v) is 22.5. The number of aliphatic hydroxyl groups is 2. The molecule has 0 aliphatic heterocycles. The first-order chi connectivity index (χ1) is 15.7. The average Bonchev–Trinajstić information content (AvgIpc) is 2.76. The molecule has 0 aromatic heterocycles. The minimum absolute atomic E-state index is 0.0749. The highest BCUT2D eigenvalue weighted by Crippen LogP contribution is 2.75. The molecule has 34 heavy (non-hydrogen) atoms. The summed E-state index contributed by atoms with van der Waals surface area (Å²) in [7, 11) is 0. The molecule has 3 N–H and O–H groups in total. The number of hydrogen-bond acceptors (Lipinski definition) is 3. The van der Waals surface area contributed by atoms with Crippen LogP contribution >= 0.6 is 0 Å². The highest BCUT2D eigenvalue weighted by molar-refractivity contribution is 5.76. The summed E-state index contributed by atoms with van der Waals surface area (Å²) in [6.45, 7) is 16.4. The fourth-order valence-electron chi connectivity index (χ4n) is 10.9. The highest BCUT2D eigenvalue weighted by atomic mass is 16.4. The number of carbonyl (C=O) groups is 1. The zero-order valence-electron chi connectivity index (χ0n) is 22.5. The molecule has 4 heteroatoms. The second-order valence-corrected chi connectivity index (χ2v) is 14.6. The van der Waals surface area contributed by atoms with Crippen LogP contribution in [0.3, 0.4) is 0 Å². The molecule has 0 bridgehead atoms. The van der Waals surface area contributed by atoms with Crippen LogP contribution < -0.4 is 0 Å². The van der Waals surface area contributed by atoms with Gasteiger partial charge in [-0.05, 0) is 110 Å². The fourth-order valence-corrected chi connectivity index (χ4v) is 10.9. The molecule has 0 aromatic rings. The van der Waals surface area contributed by atoms with E-state index in [0.717, 1.165) is 25.2 Å². The van der Waals surface area contributed by atoms with E-state index >= 15 is 0 Å². The van der Waals surface area contributed by atoms with Gasteiger partial charge in [0, 0.05) is 0 Å². The van der Waals surface area contributed by atoms with Crippen molar-refractivity contribution in [3.63, 3.8) is 0 Å². The number of carboxylic acids is 1. The Bertz CT molecular complexity index is 911. The van der Waals surface area contributed by atoms with E-state index in [0.29, 0.717) is 29.6 Å². The van der Waals surface area contributed by atoms with E-state index in [1.54, 1.807) is 12.5 Å². The van der Waals surface area contributed by atoms with Gasteiger partial charge in [-0.15, -0.1) is 0 Å². The summed E-state index contributed by atoms with van der Waals surface area (Å²) in [5, 5.41) is 32.1. The van der Waals surface area contributed by atoms with Crippen molar-refractivity contribution < 1.29 is 20.1 Å². The van der Waals surface area contributed by atoms with Gasteiger partial charge < -0.3 is 15.3 Å². The molecule has 0 aromatic carbocycles. The predicted molar refractivity (Wildman–Crippen MR) is 134 cm³/mol. The molecule has 0 spiro atoms. The van der Waals surface area contributed by atoms with Crippen molar-refractivity contribution in [2.75, 3.05) is 0 Å². The average molecular weight is 473 g/mol. The van der Waals surface area contributed by atoms with Gasteiger partial charge >= 0.3 is 5.97 Å². The molecular formula is C30H48O4. The van der Waals surface area contributed by atoms with Gasteiger partial charge in [-0.25, -0.2) is 0 Å². The lowest BCUT2D eigenvalue weighted by Crippen LogP contribution is -2.68. The van der Waals surface area contributed by atoms with Crippen molar-refractivity contribution in [3.05, 3.63) is 11.6 Å². The predicted octanol–water partition coefficient (Wildman–Crippen LogP) is 6.06. The van der Waals surface area contributed by atoms with Gasteiger partial charge in [-0.3, -0.25) is 4.79 Å². The Balaban J connectivity index is 1.61. The summed E-state index contributed by atoms with van der Waals surface area (Å²) in [6.07, 6.45) is 8.83. The third-order valence-corrected chi connectivity index (χ3v) is 13.5. The third-order valence-electron chi connectivity index (χ3n) is 13.5. The number of aliphatic carboxylic acids is 1. The van der Waals surface area contributed by atoms with E-state index in [-0.39, 0.29) is 22.2 Å². The van der Waals surface area contributed by atoms with E-state index in [1.165, 1.54) is 25.7 Å². The topological polar surface area (TPSA) is 77.8 Å². The van der Waals surface area contributed by atoms with E-state index in [2.05, 4.69) is 47.6 Å². The molecule has 192 valence electrons. The number of rotatable bonds is 1. The summed E-state index contributed by atoms with van der Waals surface area (Å²) in [4.78, 5) is 12.5. The van der Waals surface area contributed by atoms with Crippen LogP contribution in [0.4, 0.5) is 0 Å². The lowest BCUT2D eigenvalue weighted by molar-refractivity contribution is -0.239. The molecular weight excluding hydrogens is 424 g/mol. The normalized spacial score (nSPS) is 59.1. The first-order valence-electron chi connectivity index (χ1n) is 14.0. The number of carboxylic acid groups (broad SMARTS) is 1. The van der Waals surface area contributed by atoms with E-state index < -0.39 is 23.6 Å². The van der Waals surface area contributed by atoms with Crippen LogP contribution in [0.15, 0.2) is 11.6 Å².